The van der Waals surface area contributed by atoms with E-state index in [1.807, 2.05) is 0 Å². The Labute approximate surface area is 82.0 Å². The standard InChI is InChI=1S/C9H15F2NO2/c1-12(5-9(10)11)4-8(13)7-2-3-14-6-7/h7,9H,2-6H2,1H3. The number of alkyl halides is 2. The first-order valence-corrected chi connectivity index (χ1v) is 4.66. The van der Waals surface area contributed by atoms with Crippen molar-refractivity contribution in [3.63, 3.8) is 0 Å². The van der Waals surface area contributed by atoms with Crippen molar-refractivity contribution in [2.24, 2.45) is 5.92 Å². The molecule has 1 heterocycles. The van der Waals surface area contributed by atoms with E-state index in [1.165, 1.54) is 11.9 Å². The van der Waals surface area contributed by atoms with Gasteiger partial charge in [0.1, 0.15) is 0 Å². The van der Waals surface area contributed by atoms with Crippen LogP contribution in [0, 0.1) is 5.92 Å². The number of rotatable bonds is 5. The summed E-state index contributed by atoms with van der Waals surface area (Å²) >= 11 is 0. The van der Waals surface area contributed by atoms with Crippen LogP contribution in [0.25, 0.3) is 0 Å². The molecule has 1 atom stereocenters. The highest BCUT2D eigenvalue weighted by Crippen LogP contribution is 2.13. The maximum absolute atomic E-state index is 11.9. The van der Waals surface area contributed by atoms with Crippen molar-refractivity contribution < 1.29 is 18.3 Å². The topological polar surface area (TPSA) is 29.5 Å². The average Bonchev–Trinajstić information content (AvgIpc) is 2.53. The lowest BCUT2D eigenvalue weighted by Gasteiger charge is -2.16. The SMILES string of the molecule is CN(CC(=O)C1CCOC1)CC(F)F. The predicted molar refractivity (Wildman–Crippen MR) is 47.4 cm³/mol. The molecule has 0 aromatic heterocycles. The Balaban J connectivity index is 2.25. The molecule has 0 spiro atoms. The number of ether oxygens (including phenoxy) is 1. The minimum Gasteiger partial charge on any atom is -0.381 e. The number of hydrogen-bond donors (Lipinski definition) is 0. The largest absolute Gasteiger partial charge is 0.381 e. The van der Waals surface area contributed by atoms with Crippen LogP contribution in [0.1, 0.15) is 6.42 Å². The zero-order chi connectivity index (χ0) is 10.6. The fraction of sp³-hybridized carbons (Fsp3) is 0.889. The van der Waals surface area contributed by atoms with Crippen LogP contribution >= 0.6 is 0 Å². The third-order valence-electron chi connectivity index (χ3n) is 2.26. The Morgan fingerprint density at radius 2 is 2.36 bits per heavy atom. The highest BCUT2D eigenvalue weighted by atomic mass is 19.3. The van der Waals surface area contributed by atoms with Crippen molar-refractivity contribution in [2.45, 2.75) is 12.8 Å². The summed E-state index contributed by atoms with van der Waals surface area (Å²) in [6.45, 7) is 0.800. The van der Waals surface area contributed by atoms with Crippen LogP contribution in [0.15, 0.2) is 0 Å². The first-order valence-electron chi connectivity index (χ1n) is 4.66. The number of hydrogen-bond acceptors (Lipinski definition) is 3. The molecule has 82 valence electrons. The normalized spacial score (nSPS) is 22.2. The van der Waals surface area contributed by atoms with Gasteiger partial charge in [0.05, 0.1) is 19.7 Å². The molecule has 3 nitrogen and oxygen atoms in total. The molecule has 0 amide bonds. The van der Waals surface area contributed by atoms with Gasteiger partial charge in [-0.2, -0.15) is 0 Å². The molecular formula is C9H15F2NO2. The molecule has 1 aliphatic rings. The van der Waals surface area contributed by atoms with E-state index in [2.05, 4.69) is 0 Å². The summed E-state index contributed by atoms with van der Waals surface area (Å²) in [4.78, 5) is 12.8. The van der Waals surface area contributed by atoms with Crippen LogP contribution in [0.5, 0.6) is 0 Å². The Morgan fingerprint density at radius 1 is 1.64 bits per heavy atom. The van der Waals surface area contributed by atoms with Gasteiger partial charge in [0.25, 0.3) is 6.43 Å². The second-order valence-corrected chi connectivity index (χ2v) is 3.61. The maximum Gasteiger partial charge on any atom is 0.251 e. The minimum absolute atomic E-state index is 0.00523. The van der Waals surface area contributed by atoms with Crippen LogP contribution < -0.4 is 0 Å². The lowest BCUT2D eigenvalue weighted by Crippen LogP contribution is -2.33. The smallest absolute Gasteiger partial charge is 0.251 e. The molecule has 1 aliphatic heterocycles. The zero-order valence-electron chi connectivity index (χ0n) is 8.21. The summed E-state index contributed by atoms with van der Waals surface area (Å²) in [5, 5.41) is 0. The van der Waals surface area contributed by atoms with Crippen molar-refractivity contribution in [1.82, 2.24) is 4.90 Å². The van der Waals surface area contributed by atoms with Crippen LogP contribution in [0.4, 0.5) is 8.78 Å². The summed E-state index contributed by atoms with van der Waals surface area (Å²) in [7, 11) is 1.53. The Bertz CT molecular complexity index is 193. The fourth-order valence-corrected chi connectivity index (χ4v) is 1.48. The molecule has 1 rings (SSSR count). The predicted octanol–water partition coefficient (Wildman–Crippen LogP) is 0.789. The highest BCUT2D eigenvalue weighted by Gasteiger charge is 2.24. The molecule has 5 heteroatoms. The van der Waals surface area contributed by atoms with Crippen molar-refractivity contribution >= 4 is 5.78 Å². The molecule has 1 unspecified atom stereocenters. The van der Waals surface area contributed by atoms with Gasteiger partial charge < -0.3 is 4.74 Å². The number of carbonyl (C=O) groups excluding carboxylic acids is 1. The van der Waals surface area contributed by atoms with E-state index in [-0.39, 0.29) is 24.8 Å². The van der Waals surface area contributed by atoms with Gasteiger partial charge in [0.15, 0.2) is 5.78 Å². The lowest BCUT2D eigenvalue weighted by atomic mass is 10.0. The number of likely N-dealkylation sites (N-methyl/N-ethyl adjacent to an activating group) is 1. The second kappa shape index (κ2) is 5.36. The number of ketones is 1. The number of halogens is 2. The third-order valence-corrected chi connectivity index (χ3v) is 2.26. The van der Waals surface area contributed by atoms with Crippen LogP contribution in [-0.4, -0.2) is 50.5 Å². The van der Waals surface area contributed by atoms with E-state index in [9.17, 15) is 13.6 Å². The molecule has 1 saturated heterocycles. The van der Waals surface area contributed by atoms with Gasteiger partial charge in [-0.15, -0.1) is 0 Å². The number of carbonyl (C=O) groups is 1. The molecule has 0 bridgehead atoms. The molecular weight excluding hydrogens is 192 g/mol. The van der Waals surface area contributed by atoms with E-state index < -0.39 is 6.43 Å². The van der Waals surface area contributed by atoms with Gasteiger partial charge in [-0.1, -0.05) is 0 Å². The Hall–Kier alpha value is -0.550. The molecule has 0 aliphatic carbocycles. The number of Topliss-reactive ketones (excluding diaryl/α,β-unsaturated/α-hetero) is 1. The van der Waals surface area contributed by atoms with E-state index in [1.54, 1.807) is 0 Å². The highest BCUT2D eigenvalue weighted by molar-refractivity contribution is 5.83. The first-order chi connectivity index (χ1) is 6.59. The van der Waals surface area contributed by atoms with E-state index in [4.69, 9.17) is 4.74 Å². The Kier molecular flexibility index (Phi) is 4.41. The van der Waals surface area contributed by atoms with Crippen LogP contribution in [0.2, 0.25) is 0 Å². The summed E-state index contributed by atoms with van der Waals surface area (Å²) in [6.07, 6.45) is -1.66. The van der Waals surface area contributed by atoms with Gasteiger partial charge in [-0.05, 0) is 13.5 Å². The molecule has 14 heavy (non-hydrogen) atoms. The van der Waals surface area contributed by atoms with Gasteiger partial charge in [0, 0.05) is 12.5 Å². The minimum atomic E-state index is -2.38. The van der Waals surface area contributed by atoms with Gasteiger partial charge in [0.2, 0.25) is 0 Å². The van der Waals surface area contributed by atoms with E-state index >= 15 is 0 Å². The molecule has 0 aromatic rings. The number of nitrogens with zero attached hydrogens (tertiary/aromatic N) is 1. The van der Waals surface area contributed by atoms with Gasteiger partial charge >= 0.3 is 0 Å². The van der Waals surface area contributed by atoms with Crippen molar-refractivity contribution in [1.29, 1.82) is 0 Å². The average molecular weight is 207 g/mol. The zero-order valence-corrected chi connectivity index (χ0v) is 8.21. The lowest BCUT2D eigenvalue weighted by molar-refractivity contribution is -0.124. The molecule has 0 saturated carbocycles. The van der Waals surface area contributed by atoms with Crippen LogP contribution in [-0.2, 0) is 9.53 Å². The quantitative estimate of drug-likeness (QED) is 0.667. The Morgan fingerprint density at radius 3 is 2.86 bits per heavy atom. The molecule has 0 N–H and O–H groups in total. The van der Waals surface area contributed by atoms with Crippen LogP contribution in [0.3, 0.4) is 0 Å². The fourth-order valence-electron chi connectivity index (χ4n) is 1.48. The van der Waals surface area contributed by atoms with Gasteiger partial charge in [-0.25, -0.2) is 8.78 Å². The summed E-state index contributed by atoms with van der Waals surface area (Å²) in [6, 6.07) is 0. The van der Waals surface area contributed by atoms with E-state index in [0.29, 0.717) is 13.2 Å². The monoisotopic (exact) mass is 207 g/mol. The summed E-state index contributed by atoms with van der Waals surface area (Å²) in [5.74, 6) is -0.0826. The molecule has 0 radical (unpaired) electrons. The van der Waals surface area contributed by atoms with E-state index in [0.717, 1.165) is 6.42 Å². The van der Waals surface area contributed by atoms with Crippen molar-refractivity contribution in [3.05, 3.63) is 0 Å². The molecule has 1 fully saturated rings. The van der Waals surface area contributed by atoms with Gasteiger partial charge in [-0.3, -0.25) is 9.69 Å². The third kappa shape index (κ3) is 3.67. The molecule has 0 aromatic carbocycles. The first kappa shape index (κ1) is 11.5. The second-order valence-electron chi connectivity index (χ2n) is 3.61. The van der Waals surface area contributed by atoms with Crippen molar-refractivity contribution in [3.8, 4) is 0 Å². The summed E-state index contributed by atoms with van der Waals surface area (Å²) < 4.78 is 28.9. The summed E-state index contributed by atoms with van der Waals surface area (Å²) in [5.41, 5.74) is 0. The maximum atomic E-state index is 11.9. The van der Waals surface area contributed by atoms with Crippen molar-refractivity contribution in [2.75, 3.05) is 33.4 Å².